The number of hydrogen-bond acceptors (Lipinski definition) is 7. The molecule has 1 aromatic carbocycles. The molecule has 1 saturated heterocycles. The number of carbonyl (C=O) groups excluding carboxylic acids is 1. The average molecular weight is 397 g/mol. The fourth-order valence-corrected chi connectivity index (χ4v) is 3.13. The zero-order chi connectivity index (χ0) is 20.5. The Labute approximate surface area is 171 Å². The molecule has 0 bridgehead atoms. The van der Waals surface area contributed by atoms with Crippen LogP contribution in [0.15, 0.2) is 49.3 Å². The van der Waals surface area contributed by atoms with E-state index < -0.39 is 0 Å². The van der Waals surface area contributed by atoms with Gasteiger partial charge >= 0.3 is 0 Å². The van der Waals surface area contributed by atoms with E-state index in [0.29, 0.717) is 30.2 Å². The molecule has 8 nitrogen and oxygen atoms in total. The van der Waals surface area contributed by atoms with Crippen molar-refractivity contribution >= 4 is 11.9 Å². The van der Waals surface area contributed by atoms with Crippen LogP contribution in [-0.4, -0.2) is 73.8 Å². The third-order valence-electron chi connectivity index (χ3n) is 4.70. The highest BCUT2D eigenvalue weighted by Gasteiger charge is 2.18. The summed E-state index contributed by atoms with van der Waals surface area (Å²) >= 11 is 0. The van der Waals surface area contributed by atoms with Crippen LogP contribution in [0.2, 0.25) is 0 Å². The minimum atomic E-state index is -0.130. The lowest BCUT2D eigenvalue weighted by molar-refractivity contribution is 0.0947. The summed E-state index contributed by atoms with van der Waals surface area (Å²) in [4.78, 5) is 25.6. The molecule has 1 amide bonds. The third-order valence-corrected chi connectivity index (χ3v) is 4.70. The topological polar surface area (TPSA) is 79.8 Å². The second kappa shape index (κ2) is 10.4. The monoisotopic (exact) mass is 397 g/mol. The minimum absolute atomic E-state index is 0.130. The molecule has 2 heterocycles. The SMILES string of the molecule is C=CCOc1ccc(C(=O)NCCN2CCN(c3ncccn3)CC2)cc1OC. The number of nitrogens with zero attached hydrogens (tertiary/aromatic N) is 4. The molecule has 1 aliphatic rings. The van der Waals surface area contributed by atoms with Crippen molar-refractivity contribution < 1.29 is 14.3 Å². The van der Waals surface area contributed by atoms with Gasteiger partial charge in [-0.2, -0.15) is 0 Å². The fourth-order valence-electron chi connectivity index (χ4n) is 3.13. The molecule has 1 aliphatic heterocycles. The molecule has 29 heavy (non-hydrogen) atoms. The van der Waals surface area contributed by atoms with Crippen LogP contribution in [0.25, 0.3) is 0 Å². The van der Waals surface area contributed by atoms with E-state index >= 15 is 0 Å². The number of anilines is 1. The molecule has 1 aromatic heterocycles. The maximum absolute atomic E-state index is 12.4. The highest BCUT2D eigenvalue weighted by molar-refractivity contribution is 5.94. The van der Waals surface area contributed by atoms with E-state index in [-0.39, 0.29) is 5.91 Å². The van der Waals surface area contributed by atoms with Gasteiger partial charge in [0.15, 0.2) is 11.5 Å². The van der Waals surface area contributed by atoms with Crippen LogP contribution in [0.3, 0.4) is 0 Å². The Morgan fingerprint density at radius 3 is 2.66 bits per heavy atom. The Hall–Kier alpha value is -3.13. The summed E-state index contributed by atoms with van der Waals surface area (Å²) in [5.74, 6) is 1.76. The number of aromatic nitrogens is 2. The number of methoxy groups -OCH3 is 1. The van der Waals surface area contributed by atoms with E-state index in [0.717, 1.165) is 38.7 Å². The number of carbonyl (C=O) groups is 1. The van der Waals surface area contributed by atoms with Gasteiger partial charge in [-0.15, -0.1) is 0 Å². The molecule has 1 N–H and O–H groups in total. The number of rotatable bonds is 9. The number of ether oxygens (including phenoxy) is 2. The summed E-state index contributed by atoms with van der Waals surface area (Å²) in [7, 11) is 1.55. The number of amides is 1. The van der Waals surface area contributed by atoms with Gasteiger partial charge in [-0.25, -0.2) is 9.97 Å². The zero-order valence-corrected chi connectivity index (χ0v) is 16.7. The van der Waals surface area contributed by atoms with Gasteiger partial charge in [0, 0.05) is 57.2 Å². The van der Waals surface area contributed by atoms with Crippen molar-refractivity contribution in [2.24, 2.45) is 0 Å². The van der Waals surface area contributed by atoms with Crippen LogP contribution in [0, 0.1) is 0 Å². The molecule has 0 saturated carbocycles. The van der Waals surface area contributed by atoms with Crippen LogP contribution in [0.5, 0.6) is 11.5 Å². The number of piperazine rings is 1. The van der Waals surface area contributed by atoms with Crippen molar-refractivity contribution in [2.75, 3.05) is 57.9 Å². The summed E-state index contributed by atoms with van der Waals surface area (Å²) in [5, 5.41) is 2.97. The molecular weight excluding hydrogens is 370 g/mol. The van der Waals surface area contributed by atoms with E-state index in [1.807, 2.05) is 6.07 Å². The molecule has 8 heteroatoms. The van der Waals surface area contributed by atoms with E-state index in [2.05, 4.69) is 31.7 Å². The Bertz CT molecular complexity index is 807. The quantitative estimate of drug-likeness (QED) is 0.644. The Kier molecular flexibility index (Phi) is 7.40. The summed E-state index contributed by atoms with van der Waals surface area (Å²) in [6, 6.07) is 6.98. The standard InChI is InChI=1S/C21H27N5O3/c1-3-15-29-18-6-5-17(16-19(18)28-2)20(27)22-9-10-25-11-13-26(14-12-25)21-23-7-4-8-24-21/h3-8,16H,1,9-15H2,2H3,(H,22,27). The van der Waals surface area contributed by atoms with Crippen molar-refractivity contribution in [1.29, 1.82) is 0 Å². The van der Waals surface area contributed by atoms with Crippen LogP contribution in [-0.2, 0) is 0 Å². The third kappa shape index (κ3) is 5.68. The van der Waals surface area contributed by atoms with Crippen molar-refractivity contribution in [3.8, 4) is 11.5 Å². The van der Waals surface area contributed by atoms with Gasteiger partial charge in [-0.1, -0.05) is 12.7 Å². The van der Waals surface area contributed by atoms with Gasteiger partial charge in [0.05, 0.1) is 7.11 Å². The van der Waals surface area contributed by atoms with E-state index in [4.69, 9.17) is 9.47 Å². The second-order valence-corrected chi connectivity index (χ2v) is 6.60. The maximum atomic E-state index is 12.4. The first-order valence-corrected chi connectivity index (χ1v) is 9.65. The molecule has 1 fully saturated rings. The van der Waals surface area contributed by atoms with Crippen LogP contribution >= 0.6 is 0 Å². The van der Waals surface area contributed by atoms with E-state index in [9.17, 15) is 4.79 Å². The molecule has 0 atom stereocenters. The second-order valence-electron chi connectivity index (χ2n) is 6.60. The lowest BCUT2D eigenvalue weighted by atomic mass is 10.2. The molecule has 0 radical (unpaired) electrons. The molecule has 0 aliphatic carbocycles. The van der Waals surface area contributed by atoms with Crippen molar-refractivity contribution in [3.05, 3.63) is 54.9 Å². The Morgan fingerprint density at radius 1 is 1.21 bits per heavy atom. The van der Waals surface area contributed by atoms with Crippen LogP contribution in [0.4, 0.5) is 5.95 Å². The van der Waals surface area contributed by atoms with E-state index in [1.165, 1.54) is 0 Å². The van der Waals surface area contributed by atoms with Crippen molar-refractivity contribution in [3.63, 3.8) is 0 Å². The van der Waals surface area contributed by atoms with Crippen LogP contribution in [0.1, 0.15) is 10.4 Å². The number of hydrogen-bond donors (Lipinski definition) is 1. The lowest BCUT2D eigenvalue weighted by Gasteiger charge is -2.34. The number of benzene rings is 1. The first kappa shape index (κ1) is 20.6. The van der Waals surface area contributed by atoms with Gasteiger partial charge < -0.3 is 19.7 Å². The Morgan fingerprint density at radius 2 is 1.97 bits per heavy atom. The molecule has 3 rings (SSSR count). The van der Waals surface area contributed by atoms with Crippen molar-refractivity contribution in [2.45, 2.75) is 0 Å². The predicted molar refractivity (Wildman–Crippen MR) is 112 cm³/mol. The van der Waals surface area contributed by atoms with Gasteiger partial charge in [-0.3, -0.25) is 9.69 Å². The fraction of sp³-hybridized carbons (Fsp3) is 0.381. The summed E-state index contributed by atoms with van der Waals surface area (Å²) in [6.45, 7) is 8.97. The van der Waals surface area contributed by atoms with Gasteiger partial charge in [0.2, 0.25) is 5.95 Å². The van der Waals surface area contributed by atoms with Gasteiger partial charge in [-0.05, 0) is 24.3 Å². The highest BCUT2D eigenvalue weighted by Crippen LogP contribution is 2.28. The number of nitrogens with one attached hydrogen (secondary N) is 1. The predicted octanol–water partition coefficient (Wildman–Crippen LogP) is 1.60. The summed E-state index contributed by atoms with van der Waals surface area (Å²) in [6.07, 6.45) is 5.18. The normalized spacial score (nSPS) is 14.3. The largest absolute Gasteiger partial charge is 0.493 e. The highest BCUT2D eigenvalue weighted by atomic mass is 16.5. The molecule has 2 aromatic rings. The summed E-state index contributed by atoms with van der Waals surface area (Å²) < 4.78 is 10.8. The van der Waals surface area contributed by atoms with Gasteiger partial charge in [0.25, 0.3) is 5.91 Å². The first-order chi connectivity index (χ1) is 14.2. The smallest absolute Gasteiger partial charge is 0.251 e. The van der Waals surface area contributed by atoms with Crippen LogP contribution < -0.4 is 19.7 Å². The molecule has 0 spiro atoms. The average Bonchev–Trinajstić information content (AvgIpc) is 2.78. The minimum Gasteiger partial charge on any atom is -0.493 e. The van der Waals surface area contributed by atoms with E-state index in [1.54, 1.807) is 43.8 Å². The lowest BCUT2D eigenvalue weighted by Crippen LogP contribution is -2.49. The molecule has 0 unspecified atom stereocenters. The Balaban J connectivity index is 1.44. The molecule has 154 valence electrons. The van der Waals surface area contributed by atoms with Crippen molar-refractivity contribution in [1.82, 2.24) is 20.2 Å². The summed E-state index contributed by atoms with van der Waals surface area (Å²) in [5.41, 5.74) is 0.541. The zero-order valence-electron chi connectivity index (χ0n) is 16.7. The van der Waals surface area contributed by atoms with Gasteiger partial charge in [0.1, 0.15) is 6.61 Å². The molecular formula is C21H27N5O3. The maximum Gasteiger partial charge on any atom is 0.251 e. The first-order valence-electron chi connectivity index (χ1n) is 9.65.